The van der Waals surface area contributed by atoms with Crippen LogP contribution in [0.4, 0.5) is 8.78 Å². The first-order valence-electron chi connectivity index (χ1n) is 17.3. The van der Waals surface area contributed by atoms with Crippen molar-refractivity contribution in [3.05, 3.63) is 68.8 Å². The first kappa shape index (κ1) is 34.9. The van der Waals surface area contributed by atoms with Crippen LogP contribution in [-0.4, -0.2) is 61.3 Å². The van der Waals surface area contributed by atoms with Crippen LogP contribution in [0.15, 0.2) is 47.2 Å². The minimum atomic E-state index is -0.291. The van der Waals surface area contributed by atoms with Gasteiger partial charge in [0.05, 0.1) is 35.6 Å². The molecule has 2 aromatic heterocycles. The molecule has 6 nitrogen and oxygen atoms in total. The van der Waals surface area contributed by atoms with Gasteiger partial charge in [-0.3, -0.25) is 0 Å². The first-order valence-corrected chi connectivity index (χ1v) is 19.1. The lowest BCUT2D eigenvalue weighted by Gasteiger charge is -2.35. The van der Waals surface area contributed by atoms with Crippen LogP contribution in [0, 0.1) is 17.6 Å². The lowest BCUT2D eigenvalue weighted by atomic mass is 9.74. The molecule has 10 heteroatoms. The topological polar surface area (TPSA) is 59.5 Å². The van der Waals surface area contributed by atoms with E-state index in [1.165, 1.54) is 83.7 Å². The van der Waals surface area contributed by atoms with Crippen LogP contribution in [0.3, 0.4) is 0 Å². The largest absolute Gasteiger partial charge is 0.497 e. The summed E-state index contributed by atoms with van der Waals surface area (Å²) in [5, 5.41) is 9.62. The van der Waals surface area contributed by atoms with E-state index in [1.54, 1.807) is 54.0 Å². The number of hydrogen-bond acceptors (Lipinski definition) is 8. The second kappa shape index (κ2) is 15.7. The van der Waals surface area contributed by atoms with Gasteiger partial charge in [-0.25, -0.2) is 18.7 Å². The van der Waals surface area contributed by atoms with Crippen molar-refractivity contribution in [2.24, 2.45) is 5.92 Å². The van der Waals surface area contributed by atoms with Crippen molar-refractivity contribution < 1.29 is 18.3 Å². The Hall–Kier alpha value is -2.92. The van der Waals surface area contributed by atoms with Crippen molar-refractivity contribution in [3.8, 4) is 34.0 Å². The van der Waals surface area contributed by atoms with E-state index >= 15 is 0 Å². The van der Waals surface area contributed by atoms with Crippen LogP contribution >= 0.6 is 22.7 Å². The zero-order chi connectivity index (χ0) is 33.7. The molecule has 0 radical (unpaired) electrons. The lowest BCUT2D eigenvalue weighted by Crippen LogP contribution is -2.39. The molecule has 4 heterocycles. The van der Waals surface area contributed by atoms with Gasteiger partial charge in [-0.1, -0.05) is 26.7 Å². The maximum Gasteiger partial charge on any atom is 0.136 e. The standard InChI is InChI=1S/C20H25FN2OS.C18H23FN2OS/c1-24-16-6-7-17(18(21)12-16)19-13-25-20(22-19)14-8-10-23(11-9-14)15-4-2-3-5-15;1-18(2,12-6-8-20-9-7-12)17-21-16(11-23-17)14-5-4-13(22-3)10-15(14)19/h6-7,12-15H,2-5,8-11H2,1H3;4-5,10-12,20H,6-9H2,1-3H3. The number of halogens is 2. The van der Waals surface area contributed by atoms with Crippen LogP contribution in [0.5, 0.6) is 11.5 Å². The molecule has 3 fully saturated rings. The highest BCUT2D eigenvalue weighted by Gasteiger charge is 2.35. The van der Waals surface area contributed by atoms with Crippen molar-refractivity contribution in [2.75, 3.05) is 40.4 Å². The maximum atomic E-state index is 14.3. The summed E-state index contributed by atoms with van der Waals surface area (Å²) in [5.41, 5.74) is 2.58. The molecule has 4 aromatic rings. The van der Waals surface area contributed by atoms with Crippen LogP contribution in [0.25, 0.3) is 22.5 Å². The predicted octanol–water partition coefficient (Wildman–Crippen LogP) is 9.31. The van der Waals surface area contributed by atoms with Gasteiger partial charge in [-0.2, -0.15) is 0 Å². The van der Waals surface area contributed by atoms with E-state index in [0.29, 0.717) is 40.2 Å². The fourth-order valence-corrected chi connectivity index (χ4v) is 9.47. The monoisotopic (exact) mass is 694 g/mol. The summed E-state index contributed by atoms with van der Waals surface area (Å²) in [4.78, 5) is 12.2. The van der Waals surface area contributed by atoms with Crippen molar-refractivity contribution >= 4 is 22.7 Å². The summed E-state index contributed by atoms with van der Waals surface area (Å²) < 4.78 is 38.7. The Bertz CT molecular complexity index is 1640. The molecule has 1 aliphatic carbocycles. The number of hydrogen-bond donors (Lipinski definition) is 1. The Labute approximate surface area is 291 Å². The average Bonchev–Trinajstić information content (AvgIpc) is 3.92. The third kappa shape index (κ3) is 7.93. The molecule has 2 aliphatic heterocycles. The quantitative estimate of drug-likeness (QED) is 0.198. The average molecular weight is 695 g/mol. The molecular formula is C38H48F2N4O2S2. The lowest BCUT2D eigenvalue weighted by molar-refractivity contribution is 0.154. The van der Waals surface area contributed by atoms with Crippen molar-refractivity contribution in [3.63, 3.8) is 0 Å². The highest BCUT2D eigenvalue weighted by Crippen LogP contribution is 2.40. The van der Waals surface area contributed by atoms with E-state index in [-0.39, 0.29) is 17.0 Å². The van der Waals surface area contributed by atoms with Gasteiger partial charge < -0.3 is 19.7 Å². The summed E-state index contributed by atoms with van der Waals surface area (Å²) >= 11 is 3.31. The van der Waals surface area contributed by atoms with E-state index in [4.69, 9.17) is 19.4 Å². The fraction of sp³-hybridized carbons (Fsp3) is 0.526. The summed E-state index contributed by atoms with van der Waals surface area (Å²) in [6.45, 7) is 9.02. The molecule has 3 aliphatic rings. The number of methoxy groups -OCH3 is 2. The minimum absolute atomic E-state index is 0.0218. The SMILES string of the molecule is COc1ccc(-c2csc(C(C)(C)C3CCNCC3)n2)c(F)c1.COc1ccc(-c2csc(C3CCN(C4CCCC4)CC3)n2)c(F)c1. The molecule has 7 rings (SSSR count). The molecule has 0 atom stereocenters. The van der Waals surface area contributed by atoms with Crippen LogP contribution < -0.4 is 14.8 Å². The Morgan fingerprint density at radius 1 is 0.771 bits per heavy atom. The Kier molecular flexibility index (Phi) is 11.5. The number of nitrogens with one attached hydrogen (secondary N) is 1. The van der Waals surface area contributed by atoms with Crippen molar-refractivity contribution in [2.45, 2.75) is 82.6 Å². The Morgan fingerprint density at radius 2 is 1.33 bits per heavy atom. The van der Waals surface area contributed by atoms with E-state index < -0.39 is 0 Å². The van der Waals surface area contributed by atoms with Gasteiger partial charge >= 0.3 is 0 Å². The molecule has 48 heavy (non-hydrogen) atoms. The van der Waals surface area contributed by atoms with Crippen molar-refractivity contribution in [1.82, 2.24) is 20.2 Å². The smallest absolute Gasteiger partial charge is 0.136 e. The van der Waals surface area contributed by atoms with Gasteiger partial charge in [-0.05, 0) is 94.9 Å². The molecular weight excluding hydrogens is 647 g/mol. The number of benzene rings is 2. The number of piperidine rings is 2. The molecule has 1 saturated carbocycles. The number of aromatic nitrogens is 2. The van der Waals surface area contributed by atoms with E-state index in [0.717, 1.165) is 34.8 Å². The molecule has 0 spiro atoms. The van der Waals surface area contributed by atoms with Crippen molar-refractivity contribution in [1.29, 1.82) is 0 Å². The second-order valence-electron chi connectivity index (χ2n) is 13.8. The first-order chi connectivity index (χ1) is 23.3. The zero-order valence-corrected chi connectivity index (χ0v) is 30.2. The van der Waals surface area contributed by atoms with Gasteiger partial charge in [-0.15, -0.1) is 22.7 Å². The summed E-state index contributed by atoms with van der Waals surface area (Å²) in [6, 6.07) is 10.7. The molecule has 0 bridgehead atoms. The maximum absolute atomic E-state index is 14.3. The molecule has 258 valence electrons. The Morgan fingerprint density at radius 3 is 1.90 bits per heavy atom. The minimum Gasteiger partial charge on any atom is -0.497 e. The summed E-state index contributed by atoms with van der Waals surface area (Å²) in [6.07, 6.45) is 10.2. The molecule has 1 N–H and O–H groups in total. The van der Waals surface area contributed by atoms with Crippen LogP contribution in [0.2, 0.25) is 0 Å². The normalized spacial score (nSPS) is 18.5. The molecule has 0 unspecified atom stereocenters. The van der Waals surface area contributed by atoms with Crippen LogP contribution in [-0.2, 0) is 5.41 Å². The molecule has 2 aromatic carbocycles. The predicted molar refractivity (Wildman–Crippen MR) is 193 cm³/mol. The number of ether oxygens (including phenoxy) is 2. The van der Waals surface area contributed by atoms with E-state index in [2.05, 4.69) is 24.1 Å². The van der Waals surface area contributed by atoms with Gasteiger partial charge in [0, 0.05) is 51.4 Å². The third-order valence-electron chi connectivity index (χ3n) is 10.6. The fourth-order valence-electron chi connectivity index (χ4n) is 7.45. The zero-order valence-electron chi connectivity index (χ0n) is 28.6. The third-order valence-corrected chi connectivity index (χ3v) is 12.8. The molecule has 2 saturated heterocycles. The number of likely N-dealkylation sites (tertiary alicyclic amines) is 1. The van der Waals surface area contributed by atoms with E-state index in [1.807, 2.05) is 10.8 Å². The number of nitrogens with zero attached hydrogens (tertiary/aromatic N) is 3. The highest BCUT2D eigenvalue weighted by atomic mass is 32.1. The van der Waals surface area contributed by atoms with Gasteiger partial charge in [0.25, 0.3) is 0 Å². The van der Waals surface area contributed by atoms with Gasteiger partial charge in [0.15, 0.2) is 0 Å². The van der Waals surface area contributed by atoms with Gasteiger partial charge in [0.2, 0.25) is 0 Å². The van der Waals surface area contributed by atoms with E-state index in [9.17, 15) is 8.78 Å². The number of thiazole rings is 2. The molecule has 0 amide bonds. The summed E-state index contributed by atoms with van der Waals surface area (Å²) in [7, 11) is 3.09. The Balaban J connectivity index is 0.000000168. The second-order valence-corrected chi connectivity index (χ2v) is 15.5. The van der Waals surface area contributed by atoms with Crippen LogP contribution in [0.1, 0.15) is 81.1 Å². The summed E-state index contributed by atoms with van der Waals surface area (Å²) in [5.74, 6) is 1.64. The van der Waals surface area contributed by atoms with Gasteiger partial charge in [0.1, 0.15) is 23.1 Å². The highest BCUT2D eigenvalue weighted by molar-refractivity contribution is 7.10. The number of rotatable bonds is 8.